The number of hydrogen-bond acceptors (Lipinski definition) is 4. The molecular formula is C28H24BrFN4O2S. The van der Waals surface area contributed by atoms with Crippen LogP contribution in [-0.4, -0.2) is 27.4 Å². The van der Waals surface area contributed by atoms with Crippen molar-refractivity contribution in [3.8, 4) is 11.3 Å². The van der Waals surface area contributed by atoms with Gasteiger partial charge in [-0.05, 0) is 85.4 Å². The molecule has 1 amide bonds. The van der Waals surface area contributed by atoms with Crippen LogP contribution < -0.4 is 10.6 Å². The molecule has 3 heterocycles. The van der Waals surface area contributed by atoms with Crippen molar-refractivity contribution in [2.75, 3.05) is 11.9 Å². The molecule has 9 heteroatoms. The highest BCUT2D eigenvalue weighted by molar-refractivity contribution is 9.10. The number of hydrogen-bond donors (Lipinski definition) is 2. The first-order valence-corrected chi connectivity index (χ1v) is 13.0. The first-order chi connectivity index (χ1) is 17.9. The van der Waals surface area contributed by atoms with Crippen molar-refractivity contribution in [3.05, 3.63) is 106 Å². The van der Waals surface area contributed by atoms with Gasteiger partial charge in [0.15, 0.2) is 5.11 Å². The number of amides is 1. The molecule has 0 radical (unpaired) electrons. The van der Waals surface area contributed by atoms with Crippen LogP contribution in [0.15, 0.2) is 87.9 Å². The second-order valence-corrected chi connectivity index (χ2v) is 10.1. The number of nitrogens with one attached hydrogen (secondary N) is 2. The molecule has 1 aliphatic heterocycles. The molecule has 2 aromatic heterocycles. The Hall–Kier alpha value is -3.56. The van der Waals surface area contributed by atoms with E-state index >= 15 is 0 Å². The summed E-state index contributed by atoms with van der Waals surface area (Å²) in [6, 6.07) is 20.9. The van der Waals surface area contributed by atoms with Crippen molar-refractivity contribution in [3.63, 3.8) is 0 Å². The summed E-state index contributed by atoms with van der Waals surface area (Å²) in [6.45, 7) is 2.39. The van der Waals surface area contributed by atoms with Crippen molar-refractivity contribution in [1.29, 1.82) is 0 Å². The van der Waals surface area contributed by atoms with Gasteiger partial charge in [0.25, 0.3) is 0 Å². The summed E-state index contributed by atoms with van der Waals surface area (Å²) in [5.41, 5.74) is 3.46. The van der Waals surface area contributed by atoms with Crippen LogP contribution in [0.1, 0.15) is 35.5 Å². The second kappa shape index (κ2) is 10.8. The Morgan fingerprint density at radius 2 is 1.97 bits per heavy atom. The number of benzene rings is 2. The van der Waals surface area contributed by atoms with Crippen molar-refractivity contribution in [2.45, 2.75) is 25.4 Å². The molecule has 1 saturated heterocycles. The van der Waals surface area contributed by atoms with E-state index in [2.05, 4.69) is 31.5 Å². The summed E-state index contributed by atoms with van der Waals surface area (Å²) >= 11 is 9.33. The average molecular weight is 579 g/mol. The second-order valence-electron chi connectivity index (χ2n) is 8.81. The van der Waals surface area contributed by atoms with E-state index in [1.807, 2.05) is 60.4 Å². The lowest BCUT2D eigenvalue weighted by Crippen LogP contribution is -2.32. The number of pyridine rings is 1. The fourth-order valence-electron chi connectivity index (χ4n) is 4.41. The Bertz CT molecular complexity index is 1430. The Balaban J connectivity index is 1.40. The van der Waals surface area contributed by atoms with Gasteiger partial charge in [-0.2, -0.15) is 0 Å². The summed E-state index contributed by atoms with van der Waals surface area (Å²) in [7, 11) is 0. The monoisotopic (exact) mass is 578 g/mol. The molecule has 2 N–H and O–H groups in total. The van der Waals surface area contributed by atoms with Gasteiger partial charge in [-0.15, -0.1) is 0 Å². The number of anilines is 1. The minimum absolute atomic E-state index is 0.182. The molecule has 37 heavy (non-hydrogen) atoms. The zero-order chi connectivity index (χ0) is 25.9. The highest BCUT2D eigenvalue weighted by atomic mass is 79.9. The van der Waals surface area contributed by atoms with Gasteiger partial charge in [0.2, 0.25) is 5.91 Å². The largest absolute Gasteiger partial charge is 0.459 e. The molecule has 0 saturated carbocycles. The molecule has 0 aliphatic carbocycles. The number of thiocarbonyl (C=S) groups is 1. The quantitative estimate of drug-likeness (QED) is 0.242. The van der Waals surface area contributed by atoms with E-state index in [0.29, 0.717) is 23.1 Å². The van der Waals surface area contributed by atoms with Crippen LogP contribution in [0.25, 0.3) is 11.3 Å². The van der Waals surface area contributed by atoms with Crippen molar-refractivity contribution < 1.29 is 13.6 Å². The van der Waals surface area contributed by atoms with Crippen LogP contribution in [0.5, 0.6) is 0 Å². The number of carbonyl (C=O) groups is 1. The predicted molar refractivity (Wildman–Crippen MR) is 148 cm³/mol. The minimum Gasteiger partial charge on any atom is -0.459 e. The zero-order valence-electron chi connectivity index (χ0n) is 19.9. The number of aromatic nitrogens is 1. The number of halogens is 2. The van der Waals surface area contributed by atoms with Gasteiger partial charge in [0.05, 0.1) is 11.7 Å². The fraction of sp³-hybridized carbons (Fsp3) is 0.179. The van der Waals surface area contributed by atoms with Gasteiger partial charge in [0.1, 0.15) is 23.4 Å². The normalized spacial score (nSPS) is 17.1. The topological polar surface area (TPSA) is 70.4 Å². The van der Waals surface area contributed by atoms with E-state index < -0.39 is 0 Å². The Kier molecular flexibility index (Phi) is 7.34. The van der Waals surface area contributed by atoms with Crippen LogP contribution >= 0.6 is 28.1 Å². The van der Waals surface area contributed by atoms with Gasteiger partial charge in [0, 0.05) is 34.9 Å². The minimum atomic E-state index is -0.356. The third kappa shape index (κ3) is 5.57. The van der Waals surface area contributed by atoms with E-state index in [0.717, 1.165) is 27.1 Å². The van der Waals surface area contributed by atoms with Gasteiger partial charge >= 0.3 is 0 Å². The van der Waals surface area contributed by atoms with Crippen LogP contribution in [0.3, 0.4) is 0 Å². The van der Waals surface area contributed by atoms with Crippen LogP contribution in [0, 0.1) is 12.7 Å². The van der Waals surface area contributed by atoms with Crippen molar-refractivity contribution in [1.82, 2.24) is 15.2 Å². The molecule has 6 nitrogen and oxygen atoms in total. The lowest BCUT2D eigenvalue weighted by atomic mass is 10.0. The maximum atomic E-state index is 13.2. The van der Waals surface area contributed by atoms with E-state index in [9.17, 15) is 9.18 Å². The highest BCUT2D eigenvalue weighted by Crippen LogP contribution is 2.41. The number of aryl methyl sites for hydroxylation is 1. The van der Waals surface area contributed by atoms with Crippen LogP contribution in [0.2, 0.25) is 0 Å². The van der Waals surface area contributed by atoms with Crippen molar-refractivity contribution in [2.24, 2.45) is 0 Å². The molecule has 1 fully saturated rings. The van der Waals surface area contributed by atoms with Crippen LogP contribution in [0.4, 0.5) is 10.1 Å². The summed E-state index contributed by atoms with van der Waals surface area (Å²) in [6.07, 6.45) is 1.93. The van der Waals surface area contributed by atoms with Gasteiger partial charge in [-0.1, -0.05) is 28.1 Å². The van der Waals surface area contributed by atoms with E-state index in [-0.39, 0.29) is 30.2 Å². The average Bonchev–Trinajstić information content (AvgIpc) is 3.49. The van der Waals surface area contributed by atoms with Gasteiger partial charge < -0.3 is 20.0 Å². The zero-order valence-corrected chi connectivity index (χ0v) is 22.4. The van der Waals surface area contributed by atoms with E-state index in [4.69, 9.17) is 16.6 Å². The predicted octanol–water partition coefficient (Wildman–Crippen LogP) is 6.55. The first-order valence-electron chi connectivity index (χ1n) is 11.8. The standard InChI is InChI=1S/C28H24BrFN4O2S/c1-17-5-10-20(21(29)16-17)23-11-12-24(36-23)27-26(22-4-2-3-14-31-22)33-28(37)34(27)15-13-25(35)32-19-8-6-18(30)7-9-19/h2-12,14,16,26-27H,13,15H2,1H3,(H,32,35)(H,33,37)/t26-,27+/m0/s1. The fourth-order valence-corrected chi connectivity index (χ4v) is 5.43. The lowest BCUT2D eigenvalue weighted by Gasteiger charge is -2.25. The maximum Gasteiger partial charge on any atom is 0.226 e. The summed E-state index contributed by atoms with van der Waals surface area (Å²) in [5, 5.41) is 6.69. The number of furan rings is 1. The lowest BCUT2D eigenvalue weighted by molar-refractivity contribution is -0.116. The number of rotatable bonds is 7. The van der Waals surface area contributed by atoms with Crippen LogP contribution in [-0.2, 0) is 4.79 Å². The van der Waals surface area contributed by atoms with E-state index in [1.54, 1.807) is 6.20 Å². The molecule has 188 valence electrons. The molecule has 2 aromatic carbocycles. The van der Waals surface area contributed by atoms with Gasteiger partial charge in [-0.25, -0.2) is 4.39 Å². The smallest absolute Gasteiger partial charge is 0.226 e. The molecular weight excluding hydrogens is 555 g/mol. The first kappa shape index (κ1) is 25.1. The SMILES string of the molecule is Cc1ccc(-c2ccc([C@@H]3[C@H](c4ccccn4)NC(=S)N3CCC(=O)Nc3ccc(F)cc3)o2)c(Br)c1. The maximum absolute atomic E-state index is 13.2. The van der Waals surface area contributed by atoms with E-state index in [1.165, 1.54) is 24.3 Å². The molecule has 4 aromatic rings. The molecule has 0 bridgehead atoms. The summed E-state index contributed by atoms with van der Waals surface area (Å²) < 4.78 is 20.5. The summed E-state index contributed by atoms with van der Waals surface area (Å²) in [4.78, 5) is 19.2. The van der Waals surface area contributed by atoms with Gasteiger partial charge in [-0.3, -0.25) is 9.78 Å². The molecule has 1 aliphatic rings. The Morgan fingerprint density at radius 3 is 2.70 bits per heavy atom. The molecule has 0 spiro atoms. The molecule has 5 rings (SSSR count). The van der Waals surface area contributed by atoms with Crippen molar-refractivity contribution >= 4 is 44.9 Å². The molecule has 0 unspecified atom stereocenters. The third-order valence-electron chi connectivity index (χ3n) is 6.21. The summed E-state index contributed by atoms with van der Waals surface area (Å²) in [5.74, 6) is 0.890. The Labute approximate surface area is 228 Å². The highest BCUT2D eigenvalue weighted by Gasteiger charge is 2.41. The third-order valence-corrected chi connectivity index (χ3v) is 7.22. The number of nitrogens with zero attached hydrogens (tertiary/aromatic N) is 2. The number of carbonyl (C=O) groups excluding carboxylic acids is 1. The Morgan fingerprint density at radius 1 is 1.16 bits per heavy atom. The molecule has 2 atom stereocenters.